The van der Waals surface area contributed by atoms with Gasteiger partial charge in [0.25, 0.3) is 5.91 Å². The molecule has 0 aliphatic heterocycles. The Hall–Kier alpha value is -0.830. The van der Waals surface area contributed by atoms with Gasteiger partial charge in [-0.05, 0) is 53.7 Å². The molecule has 0 spiro atoms. The first-order chi connectivity index (χ1) is 8.08. The highest BCUT2D eigenvalue weighted by molar-refractivity contribution is 9.10. The zero-order chi connectivity index (χ0) is 12.4. The van der Waals surface area contributed by atoms with Gasteiger partial charge < -0.3 is 4.90 Å². The highest BCUT2D eigenvalue weighted by Gasteiger charge is 2.22. The van der Waals surface area contributed by atoms with Crippen LogP contribution in [-0.2, 0) is 0 Å². The zero-order valence-corrected chi connectivity index (χ0v) is 12.0. The van der Waals surface area contributed by atoms with Crippen molar-refractivity contribution in [1.82, 2.24) is 4.90 Å². The lowest BCUT2D eigenvalue weighted by molar-refractivity contribution is 0.0744. The molecule has 1 aromatic rings. The molecule has 2 rings (SSSR count). The smallest absolute Gasteiger partial charge is 0.254 e. The number of amides is 1. The zero-order valence-electron chi connectivity index (χ0n) is 10.4. The Morgan fingerprint density at radius 1 is 1.47 bits per heavy atom. The Labute approximate surface area is 111 Å². The van der Waals surface area contributed by atoms with Crippen LogP contribution in [0.1, 0.15) is 35.2 Å². The van der Waals surface area contributed by atoms with Gasteiger partial charge in [0.1, 0.15) is 0 Å². The average Bonchev–Trinajstić information content (AvgIpc) is 2.25. The number of aryl methyl sites for hydroxylation is 1. The maximum Gasteiger partial charge on any atom is 0.254 e. The molecule has 0 unspecified atom stereocenters. The fraction of sp³-hybridized carbons (Fsp3) is 0.500. The largest absolute Gasteiger partial charge is 0.341 e. The Kier molecular flexibility index (Phi) is 3.87. The normalized spacial score (nSPS) is 15.5. The minimum Gasteiger partial charge on any atom is -0.341 e. The molecule has 0 heterocycles. The van der Waals surface area contributed by atoms with Crippen LogP contribution >= 0.6 is 15.9 Å². The van der Waals surface area contributed by atoms with E-state index in [4.69, 9.17) is 0 Å². The average molecular weight is 296 g/mol. The predicted octanol–water partition coefficient (Wildman–Crippen LogP) is 3.63. The van der Waals surface area contributed by atoms with Gasteiger partial charge in [-0.3, -0.25) is 4.79 Å². The standard InChI is InChI=1S/C14H18BrNO/c1-10-6-7-13(15)12(8-10)14(17)16(2)9-11-4-3-5-11/h6-8,11H,3-5,9H2,1-2H3. The molecule has 3 heteroatoms. The molecule has 0 aromatic heterocycles. The first kappa shape index (κ1) is 12.6. The van der Waals surface area contributed by atoms with E-state index in [-0.39, 0.29) is 5.91 Å². The second-order valence-electron chi connectivity index (χ2n) is 4.97. The lowest BCUT2D eigenvalue weighted by Gasteiger charge is -2.30. The maximum atomic E-state index is 12.3. The number of halogens is 1. The van der Waals surface area contributed by atoms with Crippen molar-refractivity contribution in [2.75, 3.05) is 13.6 Å². The Morgan fingerprint density at radius 3 is 2.76 bits per heavy atom. The van der Waals surface area contributed by atoms with Crippen molar-refractivity contribution >= 4 is 21.8 Å². The predicted molar refractivity (Wildman–Crippen MR) is 73.2 cm³/mol. The van der Waals surface area contributed by atoms with Crippen molar-refractivity contribution < 1.29 is 4.79 Å². The van der Waals surface area contributed by atoms with Crippen molar-refractivity contribution in [2.45, 2.75) is 26.2 Å². The molecule has 1 amide bonds. The van der Waals surface area contributed by atoms with Crippen LogP contribution < -0.4 is 0 Å². The molecule has 2 nitrogen and oxygen atoms in total. The molecule has 0 bridgehead atoms. The topological polar surface area (TPSA) is 20.3 Å². The van der Waals surface area contributed by atoms with Gasteiger partial charge in [-0.15, -0.1) is 0 Å². The van der Waals surface area contributed by atoms with Gasteiger partial charge in [-0.1, -0.05) is 18.1 Å². The Bertz CT molecular complexity index is 426. The van der Waals surface area contributed by atoms with Gasteiger partial charge in [0.05, 0.1) is 5.56 Å². The van der Waals surface area contributed by atoms with Crippen molar-refractivity contribution in [3.63, 3.8) is 0 Å². The SMILES string of the molecule is Cc1ccc(Br)c(C(=O)N(C)CC2CCC2)c1. The minimum atomic E-state index is 0.118. The molecule has 1 aromatic carbocycles. The van der Waals surface area contributed by atoms with E-state index in [1.807, 2.05) is 37.1 Å². The summed E-state index contributed by atoms with van der Waals surface area (Å²) >= 11 is 3.45. The highest BCUT2D eigenvalue weighted by Crippen LogP contribution is 2.27. The van der Waals surface area contributed by atoms with E-state index in [1.54, 1.807) is 0 Å². The molecule has 17 heavy (non-hydrogen) atoms. The van der Waals surface area contributed by atoms with Crippen molar-refractivity contribution in [2.24, 2.45) is 5.92 Å². The van der Waals surface area contributed by atoms with Crippen LogP contribution in [0.4, 0.5) is 0 Å². The molecule has 1 saturated carbocycles. The second kappa shape index (κ2) is 5.21. The van der Waals surface area contributed by atoms with Crippen LogP contribution in [0.2, 0.25) is 0 Å². The van der Waals surface area contributed by atoms with E-state index in [9.17, 15) is 4.79 Å². The molecule has 0 saturated heterocycles. The van der Waals surface area contributed by atoms with E-state index in [1.165, 1.54) is 19.3 Å². The van der Waals surface area contributed by atoms with E-state index in [0.717, 1.165) is 22.1 Å². The van der Waals surface area contributed by atoms with Crippen LogP contribution in [0, 0.1) is 12.8 Å². The molecular formula is C14H18BrNO. The van der Waals surface area contributed by atoms with Gasteiger partial charge in [-0.25, -0.2) is 0 Å². The van der Waals surface area contributed by atoms with Crippen LogP contribution in [0.3, 0.4) is 0 Å². The molecule has 0 atom stereocenters. The summed E-state index contributed by atoms with van der Waals surface area (Å²) in [5.41, 5.74) is 1.89. The van der Waals surface area contributed by atoms with Crippen molar-refractivity contribution in [3.05, 3.63) is 33.8 Å². The van der Waals surface area contributed by atoms with Gasteiger partial charge in [0.2, 0.25) is 0 Å². The first-order valence-corrected chi connectivity index (χ1v) is 6.89. The molecule has 1 fully saturated rings. The summed E-state index contributed by atoms with van der Waals surface area (Å²) in [6.45, 7) is 2.90. The van der Waals surface area contributed by atoms with E-state index in [2.05, 4.69) is 15.9 Å². The first-order valence-electron chi connectivity index (χ1n) is 6.09. The Morgan fingerprint density at radius 2 is 2.18 bits per heavy atom. The molecular weight excluding hydrogens is 278 g/mol. The van der Waals surface area contributed by atoms with Gasteiger partial charge in [0, 0.05) is 18.1 Å². The molecule has 1 aliphatic rings. The molecule has 0 N–H and O–H groups in total. The van der Waals surface area contributed by atoms with E-state index in [0.29, 0.717) is 5.92 Å². The number of benzene rings is 1. The number of carbonyl (C=O) groups is 1. The Balaban J connectivity index is 2.09. The summed E-state index contributed by atoms with van der Waals surface area (Å²) < 4.78 is 0.883. The van der Waals surface area contributed by atoms with Gasteiger partial charge in [-0.2, -0.15) is 0 Å². The number of hydrogen-bond donors (Lipinski definition) is 0. The highest BCUT2D eigenvalue weighted by atomic mass is 79.9. The summed E-state index contributed by atoms with van der Waals surface area (Å²) in [5.74, 6) is 0.833. The third-order valence-electron chi connectivity index (χ3n) is 3.46. The fourth-order valence-electron chi connectivity index (χ4n) is 2.15. The molecule has 92 valence electrons. The lowest BCUT2D eigenvalue weighted by Crippen LogP contribution is -2.34. The molecule has 1 aliphatic carbocycles. The number of carbonyl (C=O) groups excluding carboxylic acids is 1. The quantitative estimate of drug-likeness (QED) is 0.834. The van der Waals surface area contributed by atoms with Crippen LogP contribution in [0.25, 0.3) is 0 Å². The fourth-order valence-corrected chi connectivity index (χ4v) is 2.57. The second-order valence-corrected chi connectivity index (χ2v) is 5.82. The summed E-state index contributed by atoms with van der Waals surface area (Å²) in [6.07, 6.45) is 3.86. The van der Waals surface area contributed by atoms with Crippen molar-refractivity contribution in [3.8, 4) is 0 Å². The monoisotopic (exact) mass is 295 g/mol. The number of rotatable bonds is 3. The number of nitrogens with zero attached hydrogens (tertiary/aromatic N) is 1. The van der Waals surface area contributed by atoms with Gasteiger partial charge in [0.15, 0.2) is 0 Å². The summed E-state index contributed by atoms with van der Waals surface area (Å²) in [5, 5.41) is 0. The van der Waals surface area contributed by atoms with Crippen LogP contribution in [0.5, 0.6) is 0 Å². The summed E-state index contributed by atoms with van der Waals surface area (Å²) in [4.78, 5) is 14.1. The maximum absolute atomic E-state index is 12.3. The third-order valence-corrected chi connectivity index (χ3v) is 4.15. The van der Waals surface area contributed by atoms with Crippen LogP contribution in [0.15, 0.2) is 22.7 Å². The third kappa shape index (κ3) is 2.89. The molecule has 0 radical (unpaired) electrons. The van der Waals surface area contributed by atoms with Gasteiger partial charge >= 0.3 is 0 Å². The number of hydrogen-bond acceptors (Lipinski definition) is 1. The van der Waals surface area contributed by atoms with Crippen LogP contribution in [-0.4, -0.2) is 24.4 Å². The minimum absolute atomic E-state index is 0.118. The van der Waals surface area contributed by atoms with Crippen molar-refractivity contribution in [1.29, 1.82) is 0 Å². The summed E-state index contributed by atoms with van der Waals surface area (Å²) in [6, 6.07) is 5.90. The summed E-state index contributed by atoms with van der Waals surface area (Å²) in [7, 11) is 1.90. The lowest BCUT2D eigenvalue weighted by atomic mass is 9.85. The van der Waals surface area contributed by atoms with E-state index >= 15 is 0 Å². The van der Waals surface area contributed by atoms with E-state index < -0.39 is 0 Å².